The van der Waals surface area contributed by atoms with Crippen molar-refractivity contribution in [2.75, 3.05) is 6.67 Å². The van der Waals surface area contributed by atoms with Crippen LogP contribution in [-0.2, 0) is 11.3 Å². The number of rotatable bonds is 8. The maximum absolute atomic E-state index is 12.8. The van der Waals surface area contributed by atoms with E-state index in [2.05, 4.69) is 5.32 Å². The average Bonchev–Trinajstić information content (AvgIpc) is 2.94. The van der Waals surface area contributed by atoms with E-state index in [0.717, 1.165) is 23.7 Å². The third-order valence-corrected chi connectivity index (χ3v) is 4.49. The molecule has 1 heterocycles. The number of nitrogens with two attached hydrogens (primary N) is 1. The highest BCUT2D eigenvalue weighted by molar-refractivity contribution is 6.08. The lowest BCUT2D eigenvalue weighted by atomic mass is 9.86. The van der Waals surface area contributed by atoms with Gasteiger partial charge < -0.3 is 15.6 Å². The number of primary amides is 1. The van der Waals surface area contributed by atoms with Crippen molar-refractivity contribution in [3.63, 3.8) is 0 Å². The smallest absolute Gasteiger partial charge is 0.254 e. The van der Waals surface area contributed by atoms with E-state index in [1.54, 1.807) is 6.20 Å². The molecular weight excluding hydrogens is 333 g/mol. The van der Waals surface area contributed by atoms with E-state index in [1.807, 2.05) is 49.6 Å². The Labute approximate surface area is 153 Å². The van der Waals surface area contributed by atoms with E-state index in [9.17, 15) is 14.0 Å². The molecule has 5 nitrogen and oxygen atoms in total. The predicted molar refractivity (Wildman–Crippen MR) is 102 cm³/mol. The zero-order chi connectivity index (χ0) is 19.3. The quantitative estimate of drug-likeness (QED) is 0.707. The number of hydrogen-bond donors (Lipinski definition) is 2. The maximum Gasteiger partial charge on any atom is 0.254 e. The Hall–Kier alpha value is -2.37. The number of fused-ring (bicyclic) bond motifs is 1. The van der Waals surface area contributed by atoms with Gasteiger partial charge in [0.2, 0.25) is 5.91 Å². The van der Waals surface area contributed by atoms with Gasteiger partial charge in [-0.1, -0.05) is 39.0 Å². The largest absolute Gasteiger partial charge is 0.368 e. The van der Waals surface area contributed by atoms with Gasteiger partial charge in [0.25, 0.3) is 5.91 Å². The summed E-state index contributed by atoms with van der Waals surface area (Å²) in [4.78, 5) is 24.6. The van der Waals surface area contributed by atoms with Crippen molar-refractivity contribution in [1.29, 1.82) is 0 Å². The van der Waals surface area contributed by atoms with Gasteiger partial charge in [-0.3, -0.25) is 14.0 Å². The Bertz CT molecular complexity index is 777. The van der Waals surface area contributed by atoms with E-state index in [1.165, 1.54) is 0 Å². The molecule has 3 N–H and O–H groups in total. The molecule has 0 spiro atoms. The number of para-hydroxylation sites is 1. The fourth-order valence-electron chi connectivity index (χ4n) is 3.09. The topological polar surface area (TPSA) is 77.1 Å². The van der Waals surface area contributed by atoms with Gasteiger partial charge >= 0.3 is 0 Å². The number of carbonyl (C=O) groups is 2. The Morgan fingerprint density at radius 1 is 1.19 bits per heavy atom. The van der Waals surface area contributed by atoms with Crippen molar-refractivity contribution in [3.05, 3.63) is 36.0 Å². The highest BCUT2D eigenvalue weighted by Gasteiger charge is 2.32. The number of alkyl halides is 1. The number of halogens is 1. The minimum Gasteiger partial charge on any atom is -0.368 e. The van der Waals surface area contributed by atoms with Crippen LogP contribution in [0.1, 0.15) is 50.4 Å². The highest BCUT2D eigenvalue weighted by Crippen LogP contribution is 2.24. The third-order valence-electron chi connectivity index (χ3n) is 4.49. The standard InChI is InChI=1S/C20H28FN3O2/c1-20(2,3)17(18(22)25)23-19(26)15-13-24(12-8-4-7-11-21)16-10-6-5-9-14(15)16/h5-6,9-10,13,17H,4,7-8,11-12H2,1-3H3,(H2,22,25)(H,23,26)/t17-/m1/s1. The van der Waals surface area contributed by atoms with Crippen molar-refractivity contribution in [2.45, 2.75) is 52.6 Å². The monoisotopic (exact) mass is 361 g/mol. The second-order valence-corrected chi connectivity index (χ2v) is 7.68. The molecule has 0 aliphatic carbocycles. The van der Waals surface area contributed by atoms with E-state index in [4.69, 9.17) is 5.73 Å². The number of nitrogens with one attached hydrogen (secondary N) is 1. The lowest BCUT2D eigenvalue weighted by Crippen LogP contribution is -2.52. The molecule has 0 fully saturated rings. The Morgan fingerprint density at radius 2 is 1.88 bits per heavy atom. The molecule has 0 radical (unpaired) electrons. The van der Waals surface area contributed by atoms with E-state index < -0.39 is 17.4 Å². The van der Waals surface area contributed by atoms with E-state index >= 15 is 0 Å². The second kappa shape index (κ2) is 8.34. The first-order valence-electron chi connectivity index (χ1n) is 8.99. The number of benzene rings is 1. The van der Waals surface area contributed by atoms with E-state index in [-0.39, 0.29) is 12.6 Å². The number of carbonyl (C=O) groups excluding carboxylic acids is 2. The molecule has 1 atom stereocenters. The molecule has 2 rings (SSSR count). The molecule has 0 aliphatic heterocycles. The number of unbranched alkanes of at least 4 members (excludes halogenated alkanes) is 2. The van der Waals surface area contributed by atoms with Gasteiger partial charge in [0.1, 0.15) is 6.04 Å². The van der Waals surface area contributed by atoms with Gasteiger partial charge in [0, 0.05) is 23.6 Å². The summed E-state index contributed by atoms with van der Waals surface area (Å²) in [5.41, 5.74) is 6.46. The average molecular weight is 361 g/mol. The Kier molecular flexibility index (Phi) is 6.40. The second-order valence-electron chi connectivity index (χ2n) is 7.68. The van der Waals surface area contributed by atoms with Crippen molar-refractivity contribution < 1.29 is 14.0 Å². The summed E-state index contributed by atoms with van der Waals surface area (Å²) in [7, 11) is 0. The molecule has 0 unspecified atom stereocenters. The summed E-state index contributed by atoms with van der Waals surface area (Å²) in [6.07, 6.45) is 4.00. The normalized spacial score (nSPS) is 12.9. The molecule has 0 bridgehead atoms. The van der Waals surface area contributed by atoms with Gasteiger partial charge in [-0.2, -0.15) is 0 Å². The van der Waals surface area contributed by atoms with Crippen LogP contribution in [0, 0.1) is 5.41 Å². The first-order valence-corrected chi connectivity index (χ1v) is 8.99. The molecule has 2 amide bonds. The summed E-state index contributed by atoms with van der Waals surface area (Å²) in [6, 6.07) is 6.88. The summed E-state index contributed by atoms with van der Waals surface area (Å²) in [6.45, 7) is 5.98. The van der Waals surface area contributed by atoms with Crippen LogP contribution in [0.15, 0.2) is 30.5 Å². The molecule has 0 aliphatic rings. The minimum absolute atomic E-state index is 0.304. The van der Waals surface area contributed by atoms with E-state index in [0.29, 0.717) is 18.5 Å². The van der Waals surface area contributed by atoms with Gasteiger partial charge in [-0.05, 0) is 30.7 Å². The number of aromatic nitrogens is 1. The number of hydrogen-bond acceptors (Lipinski definition) is 2. The zero-order valence-electron chi connectivity index (χ0n) is 15.7. The summed E-state index contributed by atoms with van der Waals surface area (Å²) in [5.74, 6) is -0.872. The summed E-state index contributed by atoms with van der Waals surface area (Å²) in [5, 5.41) is 3.60. The van der Waals surface area contributed by atoms with Crippen LogP contribution in [0.3, 0.4) is 0 Å². The first kappa shape index (κ1) is 19.9. The highest BCUT2D eigenvalue weighted by atomic mass is 19.1. The zero-order valence-corrected chi connectivity index (χ0v) is 15.7. The molecule has 26 heavy (non-hydrogen) atoms. The van der Waals surface area contributed by atoms with Crippen LogP contribution in [-0.4, -0.2) is 29.1 Å². The first-order chi connectivity index (χ1) is 12.3. The molecule has 6 heteroatoms. The lowest BCUT2D eigenvalue weighted by molar-refractivity contribution is -0.122. The Morgan fingerprint density at radius 3 is 2.50 bits per heavy atom. The molecule has 0 saturated carbocycles. The molecule has 0 saturated heterocycles. The van der Waals surface area contributed by atoms with Gasteiger partial charge in [-0.15, -0.1) is 0 Å². The van der Waals surface area contributed by atoms with Crippen LogP contribution in [0.5, 0.6) is 0 Å². The molecule has 142 valence electrons. The summed E-state index contributed by atoms with van der Waals surface area (Å²) >= 11 is 0. The van der Waals surface area contributed by atoms with Gasteiger partial charge in [-0.25, -0.2) is 0 Å². The SMILES string of the molecule is CC(C)(C)[C@H](NC(=O)c1cn(CCCCCF)c2ccccc12)C(N)=O. The number of amides is 2. The third kappa shape index (κ3) is 4.62. The predicted octanol–water partition coefficient (Wildman–Crippen LogP) is 3.41. The van der Waals surface area contributed by atoms with Crippen LogP contribution >= 0.6 is 0 Å². The van der Waals surface area contributed by atoms with Crippen LogP contribution in [0.4, 0.5) is 4.39 Å². The maximum atomic E-state index is 12.8. The van der Waals surface area contributed by atoms with Crippen molar-refractivity contribution in [1.82, 2.24) is 9.88 Å². The van der Waals surface area contributed by atoms with Crippen LogP contribution < -0.4 is 11.1 Å². The van der Waals surface area contributed by atoms with Gasteiger partial charge in [0.05, 0.1) is 12.2 Å². The van der Waals surface area contributed by atoms with Crippen molar-refractivity contribution in [2.24, 2.45) is 11.1 Å². The Balaban J connectivity index is 2.28. The molecule has 2 aromatic rings. The molecule has 1 aromatic heterocycles. The molecule has 1 aromatic carbocycles. The van der Waals surface area contributed by atoms with Crippen molar-refractivity contribution >= 4 is 22.7 Å². The van der Waals surface area contributed by atoms with Crippen LogP contribution in [0.25, 0.3) is 10.9 Å². The molecular formula is C20H28FN3O2. The van der Waals surface area contributed by atoms with Crippen LogP contribution in [0.2, 0.25) is 0 Å². The fraction of sp³-hybridized carbons (Fsp3) is 0.500. The minimum atomic E-state index is -0.762. The number of aryl methyl sites for hydroxylation is 1. The fourth-order valence-corrected chi connectivity index (χ4v) is 3.09. The number of nitrogens with zero attached hydrogens (tertiary/aromatic N) is 1. The lowest BCUT2D eigenvalue weighted by Gasteiger charge is -2.28. The summed E-state index contributed by atoms with van der Waals surface area (Å²) < 4.78 is 14.3. The van der Waals surface area contributed by atoms with Gasteiger partial charge in [0.15, 0.2) is 0 Å². The van der Waals surface area contributed by atoms with Crippen molar-refractivity contribution in [3.8, 4) is 0 Å².